The van der Waals surface area contributed by atoms with Gasteiger partial charge in [0.25, 0.3) is 0 Å². The molecule has 1 aromatic rings. The lowest BCUT2D eigenvalue weighted by molar-refractivity contribution is 0.0573. The van der Waals surface area contributed by atoms with Crippen molar-refractivity contribution in [3.63, 3.8) is 0 Å². The topological polar surface area (TPSA) is 32.7 Å². The highest BCUT2D eigenvalue weighted by molar-refractivity contribution is 9.10. The van der Waals surface area contributed by atoms with Crippen LogP contribution in [0.4, 0.5) is 0 Å². The third-order valence-corrected chi connectivity index (χ3v) is 4.38. The van der Waals surface area contributed by atoms with Crippen LogP contribution in [0.15, 0.2) is 28.7 Å². The molecule has 1 aromatic carbocycles. The molecule has 4 heteroatoms. The second kappa shape index (κ2) is 7.27. The van der Waals surface area contributed by atoms with E-state index < -0.39 is 0 Å². The maximum atomic E-state index is 9.67. The maximum absolute atomic E-state index is 9.67. The highest BCUT2D eigenvalue weighted by Crippen LogP contribution is 2.24. The van der Waals surface area contributed by atoms with Crippen molar-refractivity contribution in [2.75, 3.05) is 26.2 Å². The molecule has 2 rings (SSSR count). The molecule has 1 N–H and O–H groups in total. The molecule has 1 fully saturated rings. The van der Waals surface area contributed by atoms with E-state index in [2.05, 4.69) is 20.8 Å². The fourth-order valence-corrected chi connectivity index (χ4v) is 2.93. The highest BCUT2D eigenvalue weighted by Gasteiger charge is 2.23. The fraction of sp³-hybridized carbons (Fsp3) is 0.600. The number of hydrogen-bond donors (Lipinski definition) is 1. The summed E-state index contributed by atoms with van der Waals surface area (Å²) in [4.78, 5) is 2.39. The monoisotopic (exact) mass is 327 g/mol. The Bertz CT molecular complexity index is 397. The predicted molar refractivity (Wildman–Crippen MR) is 80.5 cm³/mol. The van der Waals surface area contributed by atoms with Gasteiger partial charge < -0.3 is 9.84 Å². The van der Waals surface area contributed by atoms with Gasteiger partial charge in [0.2, 0.25) is 0 Å². The van der Waals surface area contributed by atoms with Crippen molar-refractivity contribution in [2.24, 2.45) is 5.92 Å². The number of benzene rings is 1. The molecule has 2 atom stereocenters. The Morgan fingerprint density at radius 3 is 3.00 bits per heavy atom. The molecule has 0 unspecified atom stereocenters. The van der Waals surface area contributed by atoms with Crippen LogP contribution in [0.25, 0.3) is 0 Å². The van der Waals surface area contributed by atoms with Crippen molar-refractivity contribution in [1.82, 2.24) is 4.90 Å². The van der Waals surface area contributed by atoms with Crippen molar-refractivity contribution in [3.05, 3.63) is 28.7 Å². The Morgan fingerprint density at radius 1 is 1.47 bits per heavy atom. The molecule has 0 aliphatic carbocycles. The molecular weight excluding hydrogens is 306 g/mol. The van der Waals surface area contributed by atoms with Crippen molar-refractivity contribution in [2.45, 2.75) is 25.9 Å². The van der Waals surface area contributed by atoms with Gasteiger partial charge in [0, 0.05) is 13.1 Å². The first-order chi connectivity index (χ1) is 9.16. The molecule has 1 saturated heterocycles. The third-order valence-electron chi connectivity index (χ3n) is 3.73. The summed E-state index contributed by atoms with van der Waals surface area (Å²) in [5.41, 5.74) is 0. The Labute approximate surface area is 123 Å². The Morgan fingerprint density at radius 2 is 2.26 bits per heavy atom. The summed E-state index contributed by atoms with van der Waals surface area (Å²) in [5, 5.41) is 9.67. The van der Waals surface area contributed by atoms with E-state index in [1.165, 1.54) is 6.42 Å². The molecule has 19 heavy (non-hydrogen) atoms. The normalized spacial score (nSPS) is 22.2. The van der Waals surface area contributed by atoms with Gasteiger partial charge in [-0.1, -0.05) is 12.1 Å². The van der Waals surface area contributed by atoms with E-state index in [4.69, 9.17) is 4.74 Å². The molecule has 0 aromatic heterocycles. The molecule has 3 nitrogen and oxygen atoms in total. The van der Waals surface area contributed by atoms with E-state index in [-0.39, 0.29) is 6.10 Å². The third kappa shape index (κ3) is 4.48. The Kier molecular flexibility index (Phi) is 5.67. The fourth-order valence-electron chi connectivity index (χ4n) is 2.53. The van der Waals surface area contributed by atoms with Crippen LogP contribution in [0.3, 0.4) is 0 Å². The lowest BCUT2D eigenvalue weighted by atomic mass is 9.93. The average Bonchev–Trinajstić information content (AvgIpc) is 2.41. The molecule has 106 valence electrons. The summed E-state index contributed by atoms with van der Waals surface area (Å²) in [7, 11) is 0. The van der Waals surface area contributed by atoms with E-state index in [1.807, 2.05) is 31.2 Å². The van der Waals surface area contributed by atoms with Gasteiger partial charge in [0.05, 0.1) is 10.6 Å². The molecule has 1 aliphatic rings. The minimum Gasteiger partial charge on any atom is -0.491 e. The predicted octanol–water partition coefficient (Wildman–Crippen LogP) is 2.92. The lowest BCUT2D eigenvalue weighted by Crippen LogP contribution is -2.41. The van der Waals surface area contributed by atoms with Crippen LogP contribution in [0.2, 0.25) is 0 Å². The Hall–Kier alpha value is -0.580. The first-order valence-corrected chi connectivity index (χ1v) is 7.74. The van der Waals surface area contributed by atoms with Crippen LogP contribution in [0.5, 0.6) is 5.75 Å². The molecule has 0 radical (unpaired) electrons. The smallest absolute Gasteiger partial charge is 0.133 e. The summed E-state index contributed by atoms with van der Waals surface area (Å²) in [5.74, 6) is 1.31. The Balaban J connectivity index is 1.75. The van der Waals surface area contributed by atoms with Crippen molar-refractivity contribution < 1.29 is 9.84 Å². The minimum atomic E-state index is -0.202. The number of halogens is 1. The number of ether oxygens (including phenoxy) is 1. The van der Waals surface area contributed by atoms with Gasteiger partial charge in [-0.25, -0.2) is 0 Å². The standard InChI is InChI=1S/C15H22BrNO2/c1-12(18)13-5-4-8-17(11-13)9-10-19-15-7-3-2-6-14(15)16/h2-3,6-7,12-13,18H,4-5,8-11H2,1H3/t12-,13+/m0/s1. The van der Waals surface area contributed by atoms with Gasteiger partial charge >= 0.3 is 0 Å². The molecule has 0 amide bonds. The minimum absolute atomic E-state index is 0.202. The van der Waals surface area contributed by atoms with Crippen LogP contribution < -0.4 is 4.74 Å². The van der Waals surface area contributed by atoms with E-state index in [1.54, 1.807) is 0 Å². The van der Waals surface area contributed by atoms with Gasteiger partial charge in [0.15, 0.2) is 0 Å². The molecule has 1 aliphatic heterocycles. The number of aliphatic hydroxyl groups is 1. The van der Waals surface area contributed by atoms with Crippen LogP contribution in [-0.4, -0.2) is 42.4 Å². The van der Waals surface area contributed by atoms with E-state index in [0.717, 1.165) is 36.3 Å². The van der Waals surface area contributed by atoms with Gasteiger partial charge in [-0.15, -0.1) is 0 Å². The van der Waals surface area contributed by atoms with Gasteiger partial charge in [0.1, 0.15) is 12.4 Å². The molecular formula is C15H22BrNO2. The van der Waals surface area contributed by atoms with E-state index in [9.17, 15) is 5.11 Å². The second-order valence-corrected chi connectivity index (χ2v) is 6.08. The first-order valence-electron chi connectivity index (χ1n) is 6.94. The number of aliphatic hydroxyl groups excluding tert-OH is 1. The van der Waals surface area contributed by atoms with Crippen LogP contribution >= 0.6 is 15.9 Å². The van der Waals surface area contributed by atoms with Gasteiger partial charge in [-0.2, -0.15) is 0 Å². The van der Waals surface area contributed by atoms with Gasteiger partial charge in [-0.3, -0.25) is 4.90 Å². The zero-order valence-electron chi connectivity index (χ0n) is 11.4. The van der Waals surface area contributed by atoms with Crippen molar-refractivity contribution in [3.8, 4) is 5.75 Å². The SMILES string of the molecule is C[C@H](O)[C@@H]1CCCN(CCOc2ccccc2Br)C1. The molecule has 1 heterocycles. The molecule has 0 spiro atoms. The molecule has 0 bridgehead atoms. The number of nitrogens with zero attached hydrogens (tertiary/aromatic N) is 1. The number of para-hydroxylation sites is 1. The summed E-state index contributed by atoms with van der Waals surface area (Å²) in [6, 6.07) is 7.91. The number of rotatable bonds is 5. The van der Waals surface area contributed by atoms with E-state index >= 15 is 0 Å². The number of hydrogen-bond acceptors (Lipinski definition) is 3. The van der Waals surface area contributed by atoms with Crippen LogP contribution in [0.1, 0.15) is 19.8 Å². The van der Waals surface area contributed by atoms with Gasteiger partial charge in [-0.05, 0) is 60.3 Å². The maximum Gasteiger partial charge on any atom is 0.133 e. The summed E-state index contributed by atoms with van der Waals surface area (Å²) in [6.07, 6.45) is 2.11. The van der Waals surface area contributed by atoms with Crippen LogP contribution in [0, 0.1) is 5.92 Å². The summed E-state index contributed by atoms with van der Waals surface area (Å²) < 4.78 is 6.78. The summed E-state index contributed by atoms with van der Waals surface area (Å²) >= 11 is 3.48. The quantitative estimate of drug-likeness (QED) is 0.902. The first kappa shape index (κ1) is 14.8. The molecule has 0 saturated carbocycles. The lowest BCUT2D eigenvalue weighted by Gasteiger charge is -2.33. The van der Waals surface area contributed by atoms with Crippen molar-refractivity contribution in [1.29, 1.82) is 0 Å². The highest BCUT2D eigenvalue weighted by atomic mass is 79.9. The number of likely N-dealkylation sites (tertiary alicyclic amines) is 1. The largest absolute Gasteiger partial charge is 0.491 e. The zero-order valence-corrected chi connectivity index (χ0v) is 13.0. The van der Waals surface area contributed by atoms with Crippen molar-refractivity contribution >= 4 is 15.9 Å². The second-order valence-electron chi connectivity index (χ2n) is 5.22. The zero-order chi connectivity index (χ0) is 13.7. The van der Waals surface area contributed by atoms with Crippen LogP contribution in [-0.2, 0) is 0 Å². The average molecular weight is 328 g/mol. The number of piperidine rings is 1. The van der Waals surface area contributed by atoms with E-state index in [0.29, 0.717) is 12.5 Å². The summed E-state index contributed by atoms with van der Waals surface area (Å²) in [6.45, 7) is 5.60.